The van der Waals surface area contributed by atoms with Gasteiger partial charge in [-0.25, -0.2) is 0 Å². The van der Waals surface area contributed by atoms with Gasteiger partial charge in [-0.05, 0) is 20.3 Å². The Morgan fingerprint density at radius 2 is 2.31 bits per heavy atom. The third kappa shape index (κ3) is 3.24. The van der Waals surface area contributed by atoms with Crippen LogP contribution in [0.15, 0.2) is 0 Å². The predicted molar refractivity (Wildman–Crippen MR) is 45.7 cm³/mol. The molecule has 0 radical (unpaired) electrons. The highest BCUT2D eigenvalue weighted by atomic mass is 16.5. The fraction of sp³-hybridized carbons (Fsp3) is 0.667. The Morgan fingerprint density at radius 1 is 1.69 bits per heavy atom. The monoisotopic (exact) mass is 183 g/mol. The summed E-state index contributed by atoms with van der Waals surface area (Å²) in [5, 5.41) is 8.74. The molecule has 0 saturated heterocycles. The molecule has 0 saturated carbocycles. The van der Waals surface area contributed by atoms with Crippen molar-refractivity contribution in [2.75, 3.05) is 6.61 Å². The van der Waals surface area contributed by atoms with Crippen molar-refractivity contribution in [1.29, 1.82) is 5.26 Å². The van der Waals surface area contributed by atoms with E-state index in [-0.39, 0.29) is 19.4 Å². The van der Waals surface area contributed by atoms with Gasteiger partial charge in [-0.1, -0.05) is 0 Å². The van der Waals surface area contributed by atoms with Gasteiger partial charge in [-0.2, -0.15) is 5.26 Å². The van der Waals surface area contributed by atoms with E-state index < -0.39 is 11.4 Å². The Labute approximate surface area is 77.5 Å². The van der Waals surface area contributed by atoms with Gasteiger partial charge < -0.3 is 9.53 Å². The fourth-order valence-corrected chi connectivity index (χ4v) is 0.842. The average Bonchev–Trinajstić information content (AvgIpc) is 2.14. The highest BCUT2D eigenvalue weighted by Crippen LogP contribution is 2.23. The van der Waals surface area contributed by atoms with Gasteiger partial charge in [0.15, 0.2) is 5.41 Å². The van der Waals surface area contributed by atoms with Gasteiger partial charge in [0.05, 0.1) is 12.7 Å². The Kier molecular flexibility index (Phi) is 4.75. The predicted octanol–water partition coefficient (Wildman–Crippen LogP) is 1.06. The summed E-state index contributed by atoms with van der Waals surface area (Å²) in [5.74, 6) is -0.556. The molecule has 0 N–H and O–H groups in total. The molecular formula is C9H13NO3. The van der Waals surface area contributed by atoms with E-state index in [9.17, 15) is 9.59 Å². The van der Waals surface area contributed by atoms with Crippen molar-refractivity contribution in [3.63, 3.8) is 0 Å². The number of ether oxygens (including phenoxy) is 1. The highest BCUT2D eigenvalue weighted by Gasteiger charge is 2.34. The first-order valence-corrected chi connectivity index (χ1v) is 4.13. The summed E-state index contributed by atoms with van der Waals surface area (Å²) in [4.78, 5) is 21.3. The maximum absolute atomic E-state index is 11.2. The standard InChI is InChI=1S/C9H13NO3/c1-3-13-8(12)9(2,7-10)5-4-6-11/h6H,3-5H2,1-2H3/t9-/m1/s1. The molecule has 0 aromatic rings. The lowest BCUT2D eigenvalue weighted by atomic mass is 9.87. The van der Waals surface area contributed by atoms with Crippen molar-refractivity contribution in [2.24, 2.45) is 5.41 Å². The van der Waals surface area contributed by atoms with Crippen molar-refractivity contribution in [3.8, 4) is 6.07 Å². The normalized spacial score (nSPS) is 13.9. The minimum Gasteiger partial charge on any atom is -0.465 e. The van der Waals surface area contributed by atoms with Gasteiger partial charge >= 0.3 is 5.97 Å². The minimum absolute atomic E-state index is 0.197. The molecule has 0 aliphatic carbocycles. The summed E-state index contributed by atoms with van der Waals surface area (Å²) in [6.45, 7) is 3.40. The van der Waals surface area contributed by atoms with Crippen LogP contribution in [0, 0.1) is 16.7 Å². The summed E-state index contributed by atoms with van der Waals surface area (Å²) in [5.41, 5.74) is -1.18. The third-order valence-corrected chi connectivity index (χ3v) is 1.73. The maximum Gasteiger partial charge on any atom is 0.326 e. The van der Waals surface area contributed by atoms with Gasteiger partial charge in [-0.3, -0.25) is 4.79 Å². The number of carbonyl (C=O) groups excluding carboxylic acids is 2. The molecule has 0 aromatic heterocycles. The molecule has 0 aliphatic rings. The molecule has 0 aliphatic heterocycles. The van der Waals surface area contributed by atoms with E-state index >= 15 is 0 Å². The Balaban J connectivity index is 4.35. The second-order valence-corrected chi connectivity index (χ2v) is 2.87. The summed E-state index contributed by atoms with van der Waals surface area (Å²) in [7, 11) is 0. The number of hydrogen-bond donors (Lipinski definition) is 0. The maximum atomic E-state index is 11.2. The second-order valence-electron chi connectivity index (χ2n) is 2.87. The van der Waals surface area contributed by atoms with Crippen molar-refractivity contribution in [3.05, 3.63) is 0 Å². The van der Waals surface area contributed by atoms with E-state index in [2.05, 4.69) is 0 Å². The molecule has 1 atom stereocenters. The van der Waals surface area contributed by atoms with Crippen LogP contribution in [0.4, 0.5) is 0 Å². The van der Waals surface area contributed by atoms with Crippen LogP contribution in [0.2, 0.25) is 0 Å². The number of nitrogens with zero attached hydrogens (tertiary/aromatic N) is 1. The van der Waals surface area contributed by atoms with Crippen LogP contribution < -0.4 is 0 Å². The Hall–Kier alpha value is -1.37. The number of rotatable bonds is 5. The molecular weight excluding hydrogens is 170 g/mol. The molecule has 0 aromatic carbocycles. The zero-order valence-corrected chi connectivity index (χ0v) is 7.87. The van der Waals surface area contributed by atoms with Crippen molar-refractivity contribution < 1.29 is 14.3 Å². The fourth-order valence-electron chi connectivity index (χ4n) is 0.842. The van der Waals surface area contributed by atoms with E-state index in [0.717, 1.165) is 0 Å². The minimum atomic E-state index is -1.18. The summed E-state index contributed by atoms with van der Waals surface area (Å²) in [6, 6.07) is 1.86. The number of carbonyl (C=O) groups is 2. The average molecular weight is 183 g/mol. The van der Waals surface area contributed by atoms with E-state index in [1.54, 1.807) is 6.92 Å². The first-order valence-electron chi connectivity index (χ1n) is 4.13. The van der Waals surface area contributed by atoms with Crippen molar-refractivity contribution >= 4 is 12.3 Å². The van der Waals surface area contributed by atoms with Crippen LogP contribution in [-0.2, 0) is 14.3 Å². The lowest BCUT2D eigenvalue weighted by Gasteiger charge is -2.17. The molecule has 0 bridgehead atoms. The lowest BCUT2D eigenvalue weighted by Crippen LogP contribution is -2.28. The zero-order chi connectivity index (χ0) is 10.3. The molecule has 0 unspecified atom stereocenters. The first kappa shape index (κ1) is 11.6. The highest BCUT2D eigenvalue weighted by molar-refractivity contribution is 5.79. The molecule has 13 heavy (non-hydrogen) atoms. The van der Waals surface area contributed by atoms with Crippen molar-refractivity contribution in [2.45, 2.75) is 26.7 Å². The zero-order valence-electron chi connectivity index (χ0n) is 7.87. The van der Waals surface area contributed by atoms with Crippen LogP contribution in [0.25, 0.3) is 0 Å². The molecule has 0 heterocycles. The van der Waals surface area contributed by atoms with Gasteiger partial charge in [0.2, 0.25) is 0 Å². The topological polar surface area (TPSA) is 67.2 Å². The lowest BCUT2D eigenvalue weighted by molar-refractivity contribution is -0.151. The van der Waals surface area contributed by atoms with Crippen molar-refractivity contribution in [1.82, 2.24) is 0 Å². The van der Waals surface area contributed by atoms with Gasteiger partial charge in [0.1, 0.15) is 6.29 Å². The quantitative estimate of drug-likeness (QED) is 0.472. The Morgan fingerprint density at radius 3 is 2.69 bits per heavy atom. The van der Waals surface area contributed by atoms with Gasteiger partial charge in [-0.15, -0.1) is 0 Å². The SMILES string of the molecule is CCOC(=O)[C@@](C)(C#N)CCC=O. The second kappa shape index (κ2) is 5.31. The number of nitriles is 1. The summed E-state index contributed by atoms with van der Waals surface area (Å²) in [6.07, 6.45) is 1.10. The molecule has 4 heteroatoms. The summed E-state index contributed by atoms with van der Waals surface area (Å²) < 4.78 is 4.72. The summed E-state index contributed by atoms with van der Waals surface area (Å²) >= 11 is 0. The van der Waals surface area contributed by atoms with Crippen LogP contribution >= 0.6 is 0 Å². The molecule has 72 valence electrons. The molecule has 0 spiro atoms. The van der Waals surface area contributed by atoms with Gasteiger partial charge in [0.25, 0.3) is 0 Å². The van der Waals surface area contributed by atoms with Crippen LogP contribution in [-0.4, -0.2) is 18.9 Å². The third-order valence-electron chi connectivity index (χ3n) is 1.73. The van der Waals surface area contributed by atoms with E-state index in [0.29, 0.717) is 6.29 Å². The van der Waals surface area contributed by atoms with E-state index in [1.165, 1.54) is 6.92 Å². The largest absolute Gasteiger partial charge is 0.465 e. The van der Waals surface area contributed by atoms with Crippen LogP contribution in [0.5, 0.6) is 0 Å². The van der Waals surface area contributed by atoms with E-state index in [4.69, 9.17) is 10.00 Å². The molecule has 4 nitrogen and oxygen atoms in total. The van der Waals surface area contributed by atoms with E-state index in [1.807, 2.05) is 6.07 Å². The Bertz CT molecular complexity index is 232. The van der Waals surface area contributed by atoms with Gasteiger partial charge in [0, 0.05) is 6.42 Å². The first-order chi connectivity index (χ1) is 6.10. The molecule has 0 fully saturated rings. The number of aldehydes is 1. The smallest absolute Gasteiger partial charge is 0.326 e. The number of esters is 1. The molecule has 0 rings (SSSR count). The van der Waals surface area contributed by atoms with Crippen LogP contribution in [0.3, 0.4) is 0 Å². The number of hydrogen-bond acceptors (Lipinski definition) is 4. The van der Waals surface area contributed by atoms with Crippen LogP contribution in [0.1, 0.15) is 26.7 Å². The molecule has 0 amide bonds.